The number of carbonyl (C=O) groups is 4. The molecule has 8 N–H and O–H groups in total. The van der Waals surface area contributed by atoms with Crippen LogP contribution in [0.2, 0.25) is 0 Å². The van der Waals surface area contributed by atoms with Gasteiger partial charge < -0.3 is 40.9 Å². The number of phenols is 1. The summed E-state index contributed by atoms with van der Waals surface area (Å²) in [6.45, 7) is 2.05. The van der Waals surface area contributed by atoms with Gasteiger partial charge >= 0.3 is 5.97 Å². The van der Waals surface area contributed by atoms with Gasteiger partial charge in [-0.15, -0.1) is 23.2 Å². The summed E-state index contributed by atoms with van der Waals surface area (Å²) in [5.41, 5.74) is -4.70. The molecule has 0 aliphatic heterocycles. The minimum atomic E-state index is -2.89. The molecule has 0 bridgehead atoms. The van der Waals surface area contributed by atoms with Crippen LogP contribution in [-0.2, 0) is 31.2 Å². The zero-order valence-electron chi connectivity index (χ0n) is 28.8. The summed E-state index contributed by atoms with van der Waals surface area (Å²) >= 11 is 11.8. The highest BCUT2D eigenvalue weighted by Gasteiger charge is 2.66. The Hall–Kier alpha value is -4.18. The quantitative estimate of drug-likeness (QED) is 0.0831. The second kappa shape index (κ2) is 15.0. The van der Waals surface area contributed by atoms with E-state index in [-0.39, 0.29) is 24.0 Å². The van der Waals surface area contributed by atoms with Gasteiger partial charge in [-0.1, -0.05) is 24.3 Å². The largest absolute Gasteiger partial charge is 0.508 e. The van der Waals surface area contributed by atoms with Crippen LogP contribution in [0.4, 0.5) is 5.69 Å². The van der Waals surface area contributed by atoms with Crippen LogP contribution < -0.4 is 15.5 Å². The monoisotopic (exact) mass is 760 g/mol. The summed E-state index contributed by atoms with van der Waals surface area (Å²) in [4.78, 5) is 57.2. The Labute approximate surface area is 309 Å². The van der Waals surface area contributed by atoms with E-state index in [1.807, 2.05) is 17.0 Å². The predicted molar refractivity (Wildman–Crippen MR) is 192 cm³/mol. The maximum absolute atomic E-state index is 14.3. The van der Waals surface area contributed by atoms with Crippen LogP contribution in [0.5, 0.6) is 5.75 Å². The van der Waals surface area contributed by atoms with E-state index in [9.17, 15) is 49.8 Å². The maximum atomic E-state index is 14.3. The fourth-order valence-electron chi connectivity index (χ4n) is 7.73. The van der Waals surface area contributed by atoms with Gasteiger partial charge in [0.15, 0.2) is 11.4 Å². The molecule has 0 heterocycles. The first-order valence-corrected chi connectivity index (χ1v) is 17.7. The average Bonchev–Trinajstić information content (AvgIpc) is 3.08. The summed E-state index contributed by atoms with van der Waals surface area (Å²) in [5, 5.41) is 72.1. The second-order valence-electron chi connectivity index (χ2n) is 13.6. The minimum Gasteiger partial charge on any atom is -0.508 e. The van der Waals surface area contributed by atoms with Crippen molar-refractivity contribution in [3.05, 3.63) is 76.1 Å². The van der Waals surface area contributed by atoms with Crippen LogP contribution in [-0.4, -0.2) is 122 Å². The molecule has 1 saturated carbocycles. The molecule has 280 valence electrons. The number of carboxylic acids is 1. The van der Waals surface area contributed by atoms with Crippen LogP contribution in [0.25, 0.3) is 5.76 Å². The molecule has 5 rings (SSSR count). The predicted octanol–water partition coefficient (Wildman–Crippen LogP) is 1.79. The number of aromatic hydroxyl groups is 1. The number of aliphatic hydroxyl groups is 4. The van der Waals surface area contributed by atoms with Crippen LogP contribution in [0.1, 0.15) is 30.0 Å². The molecule has 0 aromatic heterocycles. The second-order valence-corrected chi connectivity index (χ2v) is 14.4. The third-order valence-electron chi connectivity index (χ3n) is 10.3. The molecule has 1 fully saturated rings. The van der Waals surface area contributed by atoms with Crippen molar-refractivity contribution in [2.45, 2.75) is 43.1 Å². The molecule has 3 aliphatic carbocycles. The van der Waals surface area contributed by atoms with Crippen molar-refractivity contribution in [3.63, 3.8) is 0 Å². The van der Waals surface area contributed by atoms with E-state index in [1.165, 1.54) is 44.1 Å². The molecule has 52 heavy (non-hydrogen) atoms. The zero-order chi connectivity index (χ0) is 38.3. The third-order valence-corrected chi connectivity index (χ3v) is 10.7. The summed E-state index contributed by atoms with van der Waals surface area (Å²) in [7, 11) is 2.97. The number of ketones is 2. The number of aliphatic hydroxyl groups excluding tert-OH is 2. The van der Waals surface area contributed by atoms with E-state index in [4.69, 9.17) is 23.2 Å². The van der Waals surface area contributed by atoms with Crippen molar-refractivity contribution in [2.24, 2.45) is 11.8 Å². The van der Waals surface area contributed by atoms with Crippen LogP contribution in [0.3, 0.4) is 0 Å². The molecule has 16 heteroatoms. The lowest BCUT2D eigenvalue weighted by Crippen LogP contribution is -2.67. The Kier molecular flexibility index (Phi) is 11.3. The topological polar surface area (TPSA) is 220 Å². The number of nitrogens with zero attached hydrogens (tertiary/aromatic N) is 2. The van der Waals surface area contributed by atoms with E-state index in [0.29, 0.717) is 30.4 Å². The Balaban J connectivity index is 1.40. The van der Waals surface area contributed by atoms with Gasteiger partial charge in [-0.25, -0.2) is 0 Å². The number of hydrogen-bond acceptors (Lipinski definition) is 12. The molecule has 6 atom stereocenters. The number of rotatable bonds is 13. The fourth-order valence-corrected chi connectivity index (χ4v) is 8.13. The molecule has 0 spiro atoms. The highest BCUT2D eigenvalue weighted by molar-refractivity contribution is 6.25. The summed E-state index contributed by atoms with van der Waals surface area (Å²) < 4.78 is 0. The molecule has 0 radical (unpaired) electrons. The molecular formula is C36H42Cl2N4O10. The van der Waals surface area contributed by atoms with Crippen LogP contribution in [0.15, 0.2) is 59.4 Å². The number of likely N-dealkylation sites (N-methyl/N-ethyl adjacent to an activating group) is 1. The van der Waals surface area contributed by atoms with Crippen molar-refractivity contribution in [3.8, 4) is 5.75 Å². The summed E-state index contributed by atoms with van der Waals surface area (Å²) in [6, 6.07) is 8.80. The lowest BCUT2D eigenvalue weighted by Gasteiger charge is -2.53. The first kappa shape index (κ1) is 39.0. The smallest absolute Gasteiger partial charge is 0.321 e. The molecule has 3 aliphatic rings. The van der Waals surface area contributed by atoms with Gasteiger partial charge in [0.05, 0.1) is 23.9 Å². The van der Waals surface area contributed by atoms with Crippen LogP contribution in [0, 0.1) is 11.8 Å². The van der Waals surface area contributed by atoms with Crippen LogP contribution >= 0.6 is 23.2 Å². The number of amides is 1. The zero-order valence-corrected chi connectivity index (χ0v) is 30.3. The molecule has 2 aromatic rings. The number of halogens is 2. The molecular weight excluding hydrogens is 719 g/mol. The van der Waals surface area contributed by atoms with E-state index < -0.39 is 93.6 Å². The van der Waals surface area contributed by atoms with E-state index in [2.05, 4.69) is 10.6 Å². The van der Waals surface area contributed by atoms with Gasteiger partial charge in [-0.3, -0.25) is 29.4 Å². The van der Waals surface area contributed by atoms with Gasteiger partial charge in [0.2, 0.25) is 5.78 Å². The van der Waals surface area contributed by atoms with Crippen molar-refractivity contribution >= 4 is 58.1 Å². The summed E-state index contributed by atoms with van der Waals surface area (Å²) in [5.74, 6) is -8.70. The SMILES string of the molecule is CN(C)[C@@H]1C(=O)C(C(=O)NCN[C@@H](Cc2ccc(N(CCCl)CCCl)cc2)C(=O)O)=C(O)[C@@]2(O)C(=O)C3=C(O)c4c(O)cccc4[C@@](C)(O)[C@H]3C[C@@H]12. The highest BCUT2D eigenvalue weighted by Crippen LogP contribution is 2.57. The molecule has 1 amide bonds. The maximum Gasteiger partial charge on any atom is 0.321 e. The fraction of sp³-hybridized carbons (Fsp3) is 0.444. The average molecular weight is 762 g/mol. The number of phenolic OH excluding ortho intramolecular Hbond substituents is 1. The number of fused-ring (bicyclic) bond motifs is 3. The number of benzene rings is 2. The lowest BCUT2D eigenvalue weighted by atomic mass is 9.54. The summed E-state index contributed by atoms with van der Waals surface area (Å²) in [6.07, 6.45) is -0.262. The number of aliphatic carboxylic acids is 1. The lowest BCUT2D eigenvalue weighted by molar-refractivity contribution is -0.159. The highest BCUT2D eigenvalue weighted by atomic mass is 35.5. The standard InChI is InChI=1S/C36H42Cl2N4O10/c1-35(51)20-5-4-6-24(43)25(20)29(44)26-21(35)16-22-28(41(2)3)30(45)27(32(47)36(22,52)31(26)46)33(48)40-17-39-23(34(49)50)15-18-7-9-19(10-8-18)42(13-11-37)14-12-38/h4-10,21-23,28,39,43-44,47,51-52H,11-17H2,1-3H3,(H,40,48)(H,49,50)/t21-,22-,23-,28-,35+,36-/m0/s1. The van der Waals surface area contributed by atoms with Gasteiger partial charge in [-0.2, -0.15) is 0 Å². The number of nitrogens with one attached hydrogen (secondary N) is 2. The number of carboxylic acid groups (broad SMARTS) is 1. The van der Waals surface area contributed by atoms with Gasteiger partial charge in [0.1, 0.15) is 28.9 Å². The Morgan fingerprint density at radius 3 is 2.21 bits per heavy atom. The van der Waals surface area contributed by atoms with E-state index in [0.717, 1.165) is 5.69 Å². The first-order chi connectivity index (χ1) is 24.5. The van der Waals surface area contributed by atoms with Gasteiger partial charge in [0.25, 0.3) is 5.91 Å². The number of Topliss-reactive ketones (excluding diaryl/α,β-unsaturated/α-hetero) is 2. The Morgan fingerprint density at radius 1 is 1.00 bits per heavy atom. The minimum absolute atomic E-state index is 0.0181. The number of alkyl halides is 2. The molecule has 0 saturated heterocycles. The molecule has 2 aromatic carbocycles. The number of carbonyl (C=O) groups excluding carboxylic acids is 3. The van der Waals surface area contributed by atoms with E-state index >= 15 is 0 Å². The normalized spacial score (nSPS) is 26.1. The van der Waals surface area contributed by atoms with Crippen molar-refractivity contribution in [2.75, 3.05) is 50.5 Å². The van der Waals surface area contributed by atoms with Crippen molar-refractivity contribution in [1.29, 1.82) is 0 Å². The first-order valence-electron chi connectivity index (χ1n) is 16.6. The number of hydrogen-bond donors (Lipinski definition) is 8. The van der Waals surface area contributed by atoms with Gasteiger partial charge in [0, 0.05) is 47.9 Å². The third kappa shape index (κ3) is 6.63. The van der Waals surface area contributed by atoms with Crippen molar-refractivity contribution in [1.82, 2.24) is 15.5 Å². The Morgan fingerprint density at radius 2 is 1.63 bits per heavy atom. The van der Waals surface area contributed by atoms with E-state index in [1.54, 1.807) is 12.1 Å². The number of anilines is 1. The Bertz CT molecular complexity index is 1820. The molecule has 14 nitrogen and oxygen atoms in total. The van der Waals surface area contributed by atoms with Gasteiger partial charge in [-0.05, 0) is 63.2 Å². The van der Waals surface area contributed by atoms with Crippen molar-refractivity contribution < 1.29 is 49.8 Å². The molecule has 0 unspecified atom stereocenters.